The summed E-state index contributed by atoms with van der Waals surface area (Å²) in [5.41, 5.74) is 1.19. The molecule has 2 atom stereocenters. The van der Waals surface area contributed by atoms with Crippen LogP contribution in [0, 0.1) is 6.92 Å². The van der Waals surface area contributed by atoms with Crippen molar-refractivity contribution in [2.75, 3.05) is 5.75 Å². The second kappa shape index (κ2) is 6.62. The number of hydrogen-bond acceptors (Lipinski definition) is 3. The smallest absolute Gasteiger partial charge is 0.254 e. The van der Waals surface area contributed by atoms with Crippen molar-refractivity contribution >= 4 is 29.3 Å². The van der Waals surface area contributed by atoms with Gasteiger partial charge in [-0.25, -0.2) is 0 Å². The molecule has 0 radical (unpaired) electrons. The number of nitrogens with one attached hydrogen (secondary N) is 1. The highest BCUT2D eigenvalue weighted by Crippen LogP contribution is 2.30. The number of amides is 1. The van der Waals surface area contributed by atoms with Gasteiger partial charge >= 0.3 is 0 Å². The molecule has 0 aromatic carbocycles. The second-order valence-electron chi connectivity index (χ2n) is 4.76. The topological polar surface area (TPSA) is 42.0 Å². The van der Waals surface area contributed by atoms with Crippen LogP contribution in [0.1, 0.15) is 42.2 Å². The van der Waals surface area contributed by atoms with Gasteiger partial charge in [-0.2, -0.15) is 11.8 Å². The van der Waals surface area contributed by atoms with Gasteiger partial charge in [0.25, 0.3) is 5.91 Å². The molecule has 104 valence electrons. The number of carbonyl (C=O) groups is 1. The molecule has 1 aromatic heterocycles. The molecule has 19 heavy (non-hydrogen) atoms. The van der Waals surface area contributed by atoms with Crippen LogP contribution in [0.4, 0.5) is 0 Å². The average Bonchev–Trinajstić information content (AvgIpc) is 2.77. The number of carbonyl (C=O) groups excluding carboxylic acids is 1. The fraction of sp³-hybridized carbons (Fsp3) is 0.571. The minimum Gasteiger partial charge on any atom is -0.348 e. The lowest BCUT2D eigenvalue weighted by Gasteiger charge is -2.20. The van der Waals surface area contributed by atoms with Crippen molar-refractivity contribution in [2.24, 2.45) is 0 Å². The summed E-state index contributed by atoms with van der Waals surface area (Å²) in [6, 6.07) is 1.92. The lowest BCUT2D eigenvalue weighted by molar-refractivity contribution is 0.0938. The monoisotopic (exact) mass is 298 g/mol. The number of thioether (sulfide) groups is 1. The number of nitrogens with zero attached hydrogens (tertiary/aromatic N) is 1. The van der Waals surface area contributed by atoms with Gasteiger partial charge in [0.2, 0.25) is 0 Å². The molecule has 2 unspecified atom stereocenters. The molecule has 1 aliphatic rings. The molecule has 1 aliphatic carbocycles. The van der Waals surface area contributed by atoms with Crippen molar-refractivity contribution in [1.29, 1.82) is 0 Å². The molecule has 1 N–H and O–H groups in total. The van der Waals surface area contributed by atoms with Crippen LogP contribution in [-0.2, 0) is 0 Å². The SMILES string of the molecule is CCSC1CCCC1NC(=O)c1c(Cl)ccnc1C. The molecule has 1 amide bonds. The van der Waals surface area contributed by atoms with E-state index >= 15 is 0 Å². The summed E-state index contributed by atoms with van der Waals surface area (Å²) >= 11 is 8.03. The third kappa shape index (κ3) is 3.42. The molecule has 0 bridgehead atoms. The van der Waals surface area contributed by atoms with Crippen molar-refractivity contribution in [3.8, 4) is 0 Å². The van der Waals surface area contributed by atoms with Crippen LogP contribution in [0.25, 0.3) is 0 Å². The Bertz CT molecular complexity index is 447. The van der Waals surface area contributed by atoms with Gasteiger partial charge in [-0.1, -0.05) is 24.9 Å². The van der Waals surface area contributed by atoms with Gasteiger partial charge < -0.3 is 5.32 Å². The van der Waals surface area contributed by atoms with E-state index < -0.39 is 0 Å². The summed E-state index contributed by atoms with van der Waals surface area (Å²) in [4.78, 5) is 16.5. The fourth-order valence-electron chi connectivity index (χ4n) is 2.55. The standard InChI is InChI=1S/C14H19ClN2OS/c1-3-19-12-6-4-5-11(12)17-14(18)13-9(2)16-8-7-10(13)15/h7-8,11-12H,3-6H2,1-2H3,(H,17,18). The van der Waals surface area contributed by atoms with E-state index in [4.69, 9.17) is 11.6 Å². The third-order valence-corrected chi connectivity index (χ3v) is 5.11. The van der Waals surface area contributed by atoms with Crippen molar-refractivity contribution < 1.29 is 4.79 Å². The van der Waals surface area contributed by atoms with E-state index in [2.05, 4.69) is 17.2 Å². The predicted octanol–water partition coefficient (Wildman–Crippen LogP) is 3.45. The summed E-state index contributed by atoms with van der Waals surface area (Å²) < 4.78 is 0. The maximum Gasteiger partial charge on any atom is 0.254 e. The van der Waals surface area contributed by atoms with Crippen molar-refractivity contribution in [3.63, 3.8) is 0 Å². The zero-order valence-corrected chi connectivity index (χ0v) is 12.9. The number of halogens is 1. The summed E-state index contributed by atoms with van der Waals surface area (Å²) in [5.74, 6) is 0.994. The van der Waals surface area contributed by atoms with Gasteiger partial charge in [0.1, 0.15) is 0 Å². The Hall–Kier alpha value is -0.740. The Labute approximate surface area is 123 Å². The Morgan fingerprint density at radius 2 is 2.37 bits per heavy atom. The van der Waals surface area contributed by atoms with Gasteiger partial charge in [0.05, 0.1) is 16.3 Å². The summed E-state index contributed by atoms with van der Waals surface area (Å²) in [7, 11) is 0. The first-order valence-corrected chi connectivity index (χ1v) is 8.09. The zero-order chi connectivity index (χ0) is 13.8. The van der Waals surface area contributed by atoms with Crippen LogP contribution in [0.3, 0.4) is 0 Å². The minimum atomic E-state index is -0.0933. The molecule has 5 heteroatoms. The molecule has 1 heterocycles. The summed E-state index contributed by atoms with van der Waals surface area (Å²) in [6.45, 7) is 3.97. The molecule has 0 saturated heterocycles. The van der Waals surface area contributed by atoms with E-state index in [-0.39, 0.29) is 11.9 Å². The average molecular weight is 299 g/mol. The largest absolute Gasteiger partial charge is 0.348 e. The highest BCUT2D eigenvalue weighted by Gasteiger charge is 2.29. The van der Waals surface area contributed by atoms with Crippen LogP contribution >= 0.6 is 23.4 Å². The number of pyridine rings is 1. The van der Waals surface area contributed by atoms with Crippen molar-refractivity contribution in [1.82, 2.24) is 10.3 Å². The first kappa shape index (κ1) is 14.7. The van der Waals surface area contributed by atoms with E-state index in [1.165, 1.54) is 12.8 Å². The lowest BCUT2D eigenvalue weighted by atomic mass is 10.1. The highest BCUT2D eigenvalue weighted by atomic mass is 35.5. The van der Waals surface area contributed by atoms with Crippen LogP contribution in [0.2, 0.25) is 5.02 Å². The van der Waals surface area contributed by atoms with E-state index in [9.17, 15) is 4.79 Å². The van der Waals surface area contributed by atoms with E-state index in [1.54, 1.807) is 12.3 Å². The van der Waals surface area contributed by atoms with Crippen LogP contribution in [0.5, 0.6) is 0 Å². The maximum atomic E-state index is 12.3. The number of rotatable bonds is 4. The molecule has 1 fully saturated rings. The number of aromatic nitrogens is 1. The molecule has 1 saturated carbocycles. The van der Waals surface area contributed by atoms with Crippen molar-refractivity contribution in [3.05, 3.63) is 28.5 Å². The molecule has 2 rings (SSSR count). The predicted molar refractivity (Wildman–Crippen MR) is 81.0 cm³/mol. The fourth-order valence-corrected chi connectivity index (χ4v) is 4.03. The Kier molecular flexibility index (Phi) is 5.11. The Morgan fingerprint density at radius 1 is 1.58 bits per heavy atom. The van der Waals surface area contributed by atoms with E-state index in [1.807, 2.05) is 18.7 Å². The van der Waals surface area contributed by atoms with Gasteiger partial charge in [-0.15, -0.1) is 0 Å². The first-order chi connectivity index (χ1) is 9.13. The van der Waals surface area contributed by atoms with Gasteiger partial charge in [-0.3, -0.25) is 9.78 Å². The molecule has 1 aromatic rings. The molecule has 3 nitrogen and oxygen atoms in total. The van der Waals surface area contributed by atoms with Gasteiger partial charge in [0.15, 0.2) is 0 Å². The van der Waals surface area contributed by atoms with Crippen LogP contribution < -0.4 is 5.32 Å². The highest BCUT2D eigenvalue weighted by molar-refractivity contribution is 7.99. The molecular weight excluding hydrogens is 280 g/mol. The summed E-state index contributed by atoms with van der Waals surface area (Å²) in [5, 5.41) is 4.13. The summed E-state index contributed by atoms with van der Waals surface area (Å²) in [6.07, 6.45) is 5.05. The van der Waals surface area contributed by atoms with Crippen LogP contribution in [0.15, 0.2) is 12.3 Å². The quantitative estimate of drug-likeness (QED) is 0.926. The molecule has 0 aliphatic heterocycles. The number of hydrogen-bond donors (Lipinski definition) is 1. The molecular formula is C14H19ClN2OS. The third-order valence-electron chi connectivity index (χ3n) is 3.47. The normalized spacial score (nSPS) is 22.5. The number of aryl methyl sites for hydroxylation is 1. The first-order valence-electron chi connectivity index (χ1n) is 6.67. The maximum absolute atomic E-state index is 12.3. The Balaban J connectivity index is 2.08. The van der Waals surface area contributed by atoms with Crippen LogP contribution in [-0.4, -0.2) is 27.9 Å². The minimum absolute atomic E-state index is 0.0933. The zero-order valence-electron chi connectivity index (χ0n) is 11.3. The van der Waals surface area contributed by atoms with E-state index in [0.29, 0.717) is 21.5 Å². The molecule has 0 spiro atoms. The van der Waals surface area contributed by atoms with Gasteiger partial charge in [0, 0.05) is 17.5 Å². The Morgan fingerprint density at radius 3 is 3.05 bits per heavy atom. The van der Waals surface area contributed by atoms with Gasteiger partial charge in [-0.05, 0) is 31.6 Å². The second-order valence-corrected chi connectivity index (χ2v) is 6.68. The lowest BCUT2D eigenvalue weighted by Crippen LogP contribution is -2.39. The van der Waals surface area contributed by atoms with E-state index in [0.717, 1.165) is 12.2 Å². The van der Waals surface area contributed by atoms with Crippen molar-refractivity contribution in [2.45, 2.75) is 44.4 Å².